The molecule has 0 amide bonds. The second-order valence-corrected chi connectivity index (χ2v) is 5.43. The maximum atomic E-state index is 4.05. The standard InChI is InChI=1S/C10H17NS/c1-7-8(2)12-9(3)11(7)10(4,5)6/h3H2,1-2,4-6H3. The molecular weight excluding hydrogens is 166 g/mol. The molecular formula is C10H17NS. The van der Waals surface area contributed by atoms with Gasteiger partial charge < -0.3 is 4.90 Å². The number of rotatable bonds is 0. The lowest BCUT2D eigenvalue weighted by molar-refractivity contribution is 0.256. The predicted octanol–water partition coefficient (Wildman–Crippen LogP) is 3.56. The van der Waals surface area contributed by atoms with Gasteiger partial charge in [0, 0.05) is 16.1 Å². The van der Waals surface area contributed by atoms with Crippen LogP contribution in [0.2, 0.25) is 0 Å². The molecule has 1 nitrogen and oxygen atoms in total. The lowest BCUT2D eigenvalue weighted by Gasteiger charge is -2.35. The van der Waals surface area contributed by atoms with E-state index in [2.05, 4.69) is 46.1 Å². The molecule has 0 aromatic carbocycles. The van der Waals surface area contributed by atoms with Crippen molar-refractivity contribution in [3.63, 3.8) is 0 Å². The maximum absolute atomic E-state index is 4.05. The predicted molar refractivity (Wildman–Crippen MR) is 56.7 cm³/mol. The van der Waals surface area contributed by atoms with Gasteiger partial charge in [-0.05, 0) is 34.6 Å². The highest BCUT2D eigenvalue weighted by molar-refractivity contribution is 8.06. The monoisotopic (exact) mass is 183 g/mol. The van der Waals surface area contributed by atoms with Crippen molar-refractivity contribution in [2.45, 2.75) is 40.2 Å². The Balaban J connectivity index is 2.99. The third-order valence-electron chi connectivity index (χ3n) is 2.04. The molecule has 1 aliphatic rings. The lowest BCUT2D eigenvalue weighted by Crippen LogP contribution is -2.36. The molecule has 68 valence electrons. The van der Waals surface area contributed by atoms with Crippen LogP contribution in [0.3, 0.4) is 0 Å². The van der Waals surface area contributed by atoms with Gasteiger partial charge in [-0.2, -0.15) is 0 Å². The molecule has 0 saturated carbocycles. The third kappa shape index (κ3) is 1.53. The molecule has 0 spiro atoms. The van der Waals surface area contributed by atoms with E-state index in [1.807, 2.05) is 0 Å². The topological polar surface area (TPSA) is 3.24 Å². The summed E-state index contributed by atoms with van der Waals surface area (Å²) in [5.74, 6) is 0. The average molecular weight is 183 g/mol. The Bertz CT molecular complexity index is 245. The summed E-state index contributed by atoms with van der Waals surface area (Å²) < 4.78 is 0. The first-order valence-corrected chi connectivity index (χ1v) is 5.00. The average Bonchev–Trinajstić information content (AvgIpc) is 2.05. The summed E-state index contributed by atoms with van der Waals surface area (Å²) in [5.41, 5.74) is 1.50. The second-order valence-electron chi connectivity index (χ2n) is 4.14. The van der Waals surface area contributed by atoms with Gasteiger partial charge in [-0.15, -0.1) is 0 Å². The van der Waals surface area contributed by atoms with Gasteiger partial charge in [0.2, 0.25) is 0 Å². The van der Waals surface area contributed by atoms with Gasteiger partial charge in [0.15, 0.2) is 0 Å². The fraction of sp³-hybridized carbons (Fsp3) is 0.600. The fourth-order valence-corrected chi connectivity index (χ4v) is 2.61. The lowest BCUT2D eigenvalue weighted by atomic mass is 10.1. The summed E-state index contributed by atoms with van der Waals surface area (Å²) in [7, 11) is 0. The van der Waals surface area contributed by atoms with Crippen LogP contribution < -0.4 is 0 Å². The van der Waals surface area contributed by atoms with E-state index in [1.54, 1.807) is 11.8 Å². The molecule has 1 rings (SSSR count). The molecule has 0 unspecified atom stereocenters. The van der Waals surface area contributed by atoms with E-state index >= 15 is 0 Å². The van der Waals surface area contributed by atoms with Crippen molar-refractivity contribution in [1.29, 1.82) is 0 Å². The zero-order valence-corrected chi connectivity index (χ0v) is 9.38. The van der Waals surface area contributed by atoms with Crippen molar-refractivity contribution in [3.8, 4) is 0 Å². The number of allylic oxidation sites excluding steroid dienone is 2. The van der Waals surface area contributed by atoms with E-state index in [4.69, 9.17) is 0 Å². The van der Waals surface area contributed by atoms with E-state index in [1.165, 1.54) is 10.6 Å². The molecule has 0 radical (unpaired) electrons. The largest absolute Gasteiger partial charge is 0.334 e. The van der Waals surface area contributed by atoms with Crippen molar-refractivity contribution in [1.82, 2.24) is 4.90 Å². The van der Waals surface area contributed by atoms with Crippen LogP contribution in [0.5, 0.6) is 0 Å². The molecule has 2 heteroatoms. The first-order chi connectivity index (χ1) is 5.34. The van der Waals surface area contributed by atoms with Gasteiger partial charge in [0.1, 0.15) is 0 Å². The SMILES string of the molecule is C=C1SC(C)=C(C)N1C(C)(C)C. The maximum Gasteiger partial charge on any atom is 0.0727 e. The Morgan fingerprint density at radius 3 is 1.92 bits per heavy atom. The van der Waals surface area contributed by atoms with Gasteiger partial charge in [-0.25, -0.2) is 0 Å². The first kappa shape index (κ1) is 9.72. The summed E-state index contributed by atoms with van der Waals surface area (Å²) in [6.07, 6.45) is 0. The van der Waals surface area contributed by atoms with Crippen LogP contribution in [0.1, 0.15) is 34.6 Å². The molecule has 0 atom stereocenters. The smallest absolute Gasteiger partial charge is 0.0727 e. The zero-order chi connectivity index (χ0) is 9.52. The molecule has 0 aromatic rings. The molecule has 1 heterocycles. The highest BCUT2D eigenvalue weighted by atomic mass is 32.2. The molecule has 0 saturated heterocycles. The van der Waals surface area contributed by atoms with Crippen LogP contribution in [0.25, 0.3) is 0 Å². The minimum absolute atomic E-state index is 0.159. The molecule has 12 heavy (non-hydrogen) atoms. The summed E-state index contributed by atoms with van der Waals surface area (Å²) in [5, 5.41) is 1.15. The van der Waals surface area contributed by atoms with Crippen LogP contribution in [-0.4, -0.2) is 10.4 Å². The summed E-state index contributed by atoms with van der Waals surface area (Å²) in [6, 6.07) is 0. The highest BCUT2D eigenvalue weighted by Crippen LogP contribution is 2.43. The van der Waals surface area contributed by atoms with Gasteiger partial charge in [0.05, 0.1) is 5.03 Å². The van der Waals surface area contributed by atoms with Gasteiger partial charge >= 0.3 is 0 Å². The van der Waals surface area contributed by atoms with Crippen LogP contribution >= 0.6 is 11.8 Å². The Kier molecular flexibility index (Phi) is 2.30. The second kappa shape index (κ2) is 2.84. The van der Waals surface area contributed by atoms with Gasteiger partial charge in [-0.1, -0.05) is 18.3 Å². The van der Waals surface area contributed by atoms with Crippen molar-refractivity contribution < 1.29 is 0 Å². The normalized spacial score (nSPS) is 19.4. The van der Waals surface area contributed by atoms with E-state index in [0.717, 1.165) is 5.03 Å². The van der Waals surface area contributed by atoms with Crippen molar-refractivity contribution >= 4 is 11.8 Å². The number of nitrogens with zero attached hydrogens (tertiary/aromatic N) is 1. The quantitative estimate of drug-likeness (QED) is 0.565. The van der Waals surface area contributed by atoms with E-state index in [-0.39, 0.29) is 5.54 Å². The third-order valence-corrected chi connectivity index (χ3v) is 3.06. The van der Waals surface area contributed by atoms with Crippen molar-refractivity contribution in [2.24, 2.45) is 0 Å². The Labute approximate surface area is 79.5 Å². The Morgan fingerprint density at radius 1 is 1.25 bits per heavy atom. The molecule has 0 bridgehead atoms. The summed E-state index contributed by atoms with van der Waals surface area (Å²) >= 11 is 1.77. The van der Waals surface area contributed by atoms with Crippen molar-refractivity contribution in [3.05, 3.63) is 22.2 Å². The highest BCUT2D eigenvalue weighted by Gasteiger charge is 2.30. The summed E-state index contributed by atoms with van der Waals surface area (Å²) in [4.78, 5) is 3.67. The molecule has 1 aliphatic heterocycles. The van der Waals surface area contributed by atoms with Crippen LogP contribution in [0.4, 0.5) is 0 Å². The number of hydrogen-bond acceptors (Lipinski definition) is 2. The first-order valence-electron chi connectivity index (χ1n) is 4.18. The molecule has 0 aromatic heterocycles. The van der Waals surface area contributed by atoms with E-state index in [0.29, 0.717) is 0 Å². The number of hydrogen-bond donors (Lipinski definition) is 0. The van der Waals surface area contributed by atoms with Crippen LogP contribution in [0, 0.1) is 0 Å². The summed E-state index contributed by atoms with van der Waals surface area (Å²) in [6.45, 7) is 15.0. The minimum atomic E-state index is 0.159. The van der Waals surface area contributed by atoms with E-state index < -0.39 is 0 Å². The minimum Gasteiger partial charge on any atom is -0.334 e. The van der Waals surface area contributed by atoms with Crippen LogP contribution in [-0.2, 0) is 0 Å². The van der Waals surface area contributed by atoms with Gasteiger partial charge in [0.25, 0.3) is 0 Å². The fourth-order valence-electron chi connectivity index (χ4n) is 1.52. The molecule has 0 fully saturated rings. The van der Waals surface area contributed by atoms with E-state index in [9.17, 15) is 0 Å². The Hall–Kier alpha value is -0.370. The molecule has 0 N–H and O–H groups in total. The number of thioether (sulfide) groups is 1. The Morgan fingerprint density at radius 2 is 1.75 bits per heavy atom. The van der Waals surface area contributed by atoms with Crippen molar-refractivity contribution in [2.75, 3.05) is 0 Å². The molecule has 0 aliphatic carbocycles. The van der Waals surface area contributed by atoms with Crippen LogP contribution in [0.15, 0.2) is 22.2 Å². The van der Waals surface area contributed by atoms with Gasteiger partial charge in [-0.3, -0.25) is 0 Å². The zero-order valence-electron chi connectivity index (χ0n) is 8.56.